The quantitative estimate of drug-likeness (QED) is 0.660. The first-order valence-electron chi connectivity index (χ1n) is 7.00. The highest BCUT2D eigenvalue weighted by Crippen LogP contribution is 2.27. The summed E-state index contributed by atoms with van der Waals surface area (Å²) in [6.07, 6.45) is 2.83. The highest BCUT2D eigenvalue weighted by atomic mass is 32.1. The molecule has 1 aliphatic rings. The third kappa shape index (κ3) is 3.93. The van der Waals surface area contributed by atoms with Gasteiger partial charge in [-0.2, -0.15) is 0 Å². The first-order chi connectivity index (χ1) is 9.70. The van der Waals surface area contributed by atoms with Crippen molar-refractivity contribution in [2.45, 2.75) is 32.2 Å². The van der Waals surface area contributed by atoms with Gasteiger partial charge in [0.15, 0.2) is 5.11 Å². The first-order valence-corrected chi connectivity index (χ1v) is 7.40. The second-order valence-corrected chi connectivity index (χ2v) is 5.27. The summed E-state index contributed by atoms with van der Waals surface area (Å²) in [5.41, 5.74) is 0.940. The zero-order chi connectivity index (χ0) is 14.4. The van der Waals surface area contributed by atoms with E-state index in [2.05, 4.69) is 10.6 Å². The van der Waals surface area contributed by atoms with Crippen LogP contribution in [-0.4, -0.2) is 23.7 Å². The summed E-state index contributed by atoms with van der Waals surface area (Å²) in [6, 6.07) is 9.81. The van der Waals surface area contributed by atoms with Crippen LogP contribution in [-0.2, 0) is 9.53 Å². The third-order valence-electron chi connectivity index (χ3n) is 3.45. The number of carbonyl (C=O) groups excluding carboxylic acids is 1. The smallest absolute Gasteiger partial charge is 0.311 e. The lowest BCUT2D eigenvalue weighted by atomic mass is 10.0. The number of hydrogen-bond acceptors (Lipinski definition) is 3. The number of benzene rings is 1. The monoisotopic (exact) mass is 292 g/mol. The van der Waals surface area contributed by atoms with Crippen LogP contribution in [0.15, 0.2) is 30.3 Å². The van der Waals surface area contributed by atoms with Crippen molar-refractivity contribution in [3.63, 3.8) is 0 Å². The number of rotatable bonds is 4. The van der Waals surface area contributed by atoms with Crippen molar-refractivity contribution in [3.05, 3.63) is 30.3 Å². The molecule has 1 fully saturated rings. The van der Waals surface area contributed by atoms with E-state index in [-0.39, 0.29) is 17.9 Å². The molecule has 1 aromatic rings. The minimum Gasteiger partial charge on any atom is -0.466 e. The molecule has 1 aliphatic carbocycles. The summed E-state index contributed by atoms with van der Waals surface area (Å²) in [6.45, 7) is 2.26. The van der Waals surface area contributed by atoms with E-state index in [4.69, 9.17) is 17.0 Å². The number of hydrogen-bond donors (Lipinski definition) is 2. The van der Waals surface area contributed by atoms with Gasteiger partial charge in [0.05, 0.1) is 12.5 Å². The molecule has 4 nitrogen and oxygen atoms in total. The molecule has 0 radical (unpaired) electrons. The van der Waals surface area contributed by atoms with E-state index in [1.807, 2.05) is 37.3 Å². The number of thiocarbonyl (C=S) groups is 1. The zero-order valence-electron chi connectivity index (χ0n) is 11.6. The van der Waals surface area contributed by atoms with Crippen molar-refractivity contribution >= 4 is 29.0 Å². The van der Waals surface area contributed by atoms with Crippen LogP contribution in [0, 0.1) is 5.92 Å². The lowest BCUT2D eigenvalue weighted by Crippen LogP contribution is -2.42. The van der Waals surface area contributed by atoms with Gasteiger partial charge in [0, 0.05) is 11.7 Å². The maximum absolute atomic E-state index is 11.9. The normalized spacial score (nSPS) is 21.2. The Balaban J connectivity index is 1.88. The van der Waals surface area contributed by atoms with Crippen LogP contribution in [0.4, 0.5) is 5.69 Å². The lowest BCUT2D eigenvalue weighted by Gasteiger charge is -2.21. The van der Waals surface area contributed by atoms with E-state index >= 15 is 0 Å². The average molecular weight is 292 g/mol. The molecule has 0 bridgehead atoms. The fourth-order valence-corrected chi connectivity index (χ4v) is 2.79. The van der Waals surface area contributed by atoms with Gasteiger partial charge in [-0.25, -0.2) is 0 Å². The van der Waals surface area contributed by atoms with E-state index in [1.54, 1.807) is 0 Å². The van der Waals surface area contributed by atoms with E-state index in [0.717, 1.165) is 24.9 Å². The Morgan fingerprint density at radius 3 is 2.80 bits per heavy atom. The molecule has 1 aromatic carbocycles. The predicted octanol–water partition coefficient (Wildman–Crippen LogP) is 2.70. The zero-order valence-corrected chi connectivity index (χ0v) is 12.4. The van der Waals surface area contributed by atoms with E-state index < -0.39 is 0 Å². The van der Waals surface area contributed by atoms with E-state index in [9.17, 15) is 4.79 Å². The van der Waals surface area contributed by atoms with Crippen LogP contribution in [0.2, 0.25) is 0 Å². The van der Waals surface area contributed by atoms with E-state index in [1.165, 1.54) is 0 Å². The van der Waals surface area contributed by atoms with Crippen LogP contribution in [0.1, 0.15) is 26.2 Å². The Labute approximate surface area is 124 Å². The molecular formula is C15H20N2O2S. The molecule has 0 amide bonds. The van der Waals surface area contributed by atoms with Gasteiger partial charge >= 0.3 is 5.97 Å². The fraction of sp³-hybridized carbons (Fsp3) is 0.467. The number of ether oxygens (including phenoxy) is 1. The lowest BCUT2D eigenvalue weighted by molar-refractivity contribution is -0.148. The molecule has 2 atom stereocenters. The molecule has 0 unspecified atom stereocenters. The summed E-state index contributed by atoms with van der Waals surface area (Å²) in [5, 5.41) is 6.92. The van der Waals surface area contributed by atoms with Gasteiger partial charge in [-0.3, -0.25) is 4.79 Å². The predicted molar refractivity (Wildman–Crippen MR) is 83.6 cm³/mol. The summed E-state index contributed by atoms with van der Waals surface area (Å²) in [7, 11) is 0. The Morgan fingerprint density at radius 2 is 2.10 bits per heavy atom. The Kier molecular flexibility index (Phi) is 5.35. The maximum Gasteiger partial charge on any atom is 0.311 e. The number of nitrogens with one attached hydrogen (secondary N) is 2. The molecule has 0 heterocycles. The highest BCUT2D eigenvalue weighted by Gasteiger charge is 2.34. The number of carbonyl (C=O) groups is 1. The van der Waals surface area contributed by atoms with Crippen LogP contribution in [0.5, 0.6) is 0 Å². The topological polar surface area (TPSA) is 50.4 Å². The fourth-order valence-electron chi connectivity index (χ4n) is 2.52. The van der Waals surface area contributed by atoms with Crippen LogP contribution in [0.25, 0.3) is 0 Å². The van der Waals surface area contributed by atoms with Crippen molar-refractivity contribution < 1.29 is 9.53 Å². The first kappa shape index (κ1) is 14.8. The minimum atomic E-state index is -0.120. The molecule has 20 heavy (non-hydrogen) atoms. The summed E-state index contributed by atoms with van der Waals surface area (Å²) < 4.78 is 5.11. The summed E-state index contributed by atoms with van der Waals surface area (Å²) >= 11 is 5.30. The molecular weight excluding hydrogens is 272 g/mol. The number of para-hydroxylation sites is 1. The van der Waals surface area contributed by atoms with Crippen molar-refractivity contribution in [3.8, 4) is 0 Å². The maximum atomic E-state index is 11.9. The molecule has 0 aliphatic heterocycles. The van der Waals surface area contributed by atoms with Crippen molar-refractivity contribution in [2.75, 3.05) is 11.9 Å². The van der Waals surface area contributed by atoms with Gasteiger partial charge in [0.25, 0.3) is 0 Å². The summed E-state index contributed by atoms with van der Waals surface area (Å²) in [5.74, 6) is -0.213. The second-order valence-electron chi connectivity index (χ2n) is 4.86. The second kappa shape index (κ2) is 7.24. The van der Waals surface area contributed by atoms with E-state index in [0.29, 0.717) is 11.7 Å². The van der Waals surface area contributed by atoms with Gasteiger partial charge in [0.2, 0.25) is 0 Å². The molecule has 0 spiro atoms. The van der Waals surface area contributed by atoms with Crippen molar-refractivity contribution in [1.29, 1.82) is 0 Å². The van der Waals surface area contributed by atoms with Crippen LogP contribution >= 0.6 is 12.2 Å². The Hall–Kier alpha value is -1.62. The van der Waals surface area contributed by atoms with Gasteiger partial charge in [-0.05, 0) is 44.1 Å². The van der Waals surface area contributed by atoms with Gasteiger partial charge in [-0.1, -0.05) is 24.6 Å². The number of esters is 1. The van der Waals surface area contributed by atoms with Crippen molar-refractivity contribution in [1.82, 2.24) is 5.32 Å². The van der Waals surface area contributed by atoms with Gasteiger partial charge in [0.1, 0.15) is 0 Å². The minimum absolute atomic E-state index is 0.0674. The van der Waals surface area contributed by atoms with Crippen LogP contribution in [0.3, 0.4) is 0 Å². The molecule has 0 aromatic heterocycles. The Morgan fingerprint density at radius 1 is 1.35 bits per heavy atom. The molecule has 0 saturated heterocycles. The van der Waals surface area contributed by atoms with Gasteiger partial charge < -0.3 is 15.4 Å². The average Bonchev–Trinajstić information content (AvgIpc) is 2.88. The molecule has 5 heteroatoms. The number of anilines is 1. The van der Waals surface area contributed by atoms with Gasteiger partial charge in [-0.15, -0.1) is 0 Å². The largest absolute Gasteiger partial charge is 0.466 e. The Bertz CT molecular complexity index is 464. The standard InChI is InChI=1S/C15H20N2O2S/c1-2-19-14(18)12-9-6-10-13(12)17-15(20)16-11-7-4-3-5-8-11/h3-5,7-8,12-13H,2,6,9-10H2,1H3,(H2,16,17,20)/t12-,13-/m1/s1. The van der Waals surface area contributed by atoms with Crippen LogP contribution < -0.4 is 10.6 Å². The molecule has 108 valence electrons. The van der Waals surface area contributed by atoms with Crippen molar-refractivity contribution in [2.24, 2.45) is 5.92 Å². The molecule has 2 N–H and O–H groups in total. The summed E-state index contributed by atoms with van der Waals surface area (Å²) in [4.78, 5) is 11.9. The SMILES string of the molecule is CCOC(=O)[C@@H]1CCC[C@H]1NC(=S)Nc1ccccc1. The highest BCUT2D eigenvalue weighted by molar-refractivity contribution is 7.80. The molecule has 1 saturated carbocycles. The third-order valence-corrected chi connectivity index (χ3v) is 3.67. The molecule has 2 rings (SSSR count).